The van der Waals surface area contributed by atoms with Crippen molar-refractivity contribution in [3.63, 3.8) is 0 Å². The fraction of sp³-hybridized carbons (Fsp3) is 0.111. The number of anilines is 1. The molecule has 2 heterocycles. The average molecular weight is 290 g/mol. The molecule has 0 aliphatic rings. The molecule has 0 saturated carbocycles. The number of benzene rings is 1. The van der Waals surface area contributed by atoms with Crippen LogP contribution < -0.4 is 11.1 Å². The third kappa shape index (κ3) is 3.30. The summed E-state index contributed by atoms with van der Waals surface area (Å²) in [5.74, 6) is 0.834. The van der Waals surface area contributed by atoms with E-state index < -0.39 is 0 Å². The van der Waals surface area contributed by atoms with Crippen LogP contribution in [0.3, 0.4) is 0 Å². The van der Waals surface area contributed by atoms with Crippen molar-refractivity contribution in [2.75, 3.05) is 5.32 Å². The van der Waals surface area contributed by atoms with Gasteiger partial charge in [-0.3, -0.25) is 4.98 Å². The summed E-state index contributed by atoms with van der Waals surface area (Å²) in [7, 11) is 0. The van der Waals surface area contributed by atoms with Crippen LogP contribution in [0.15, 0.2) is 67.0 Å². The molecule has 2 aromatic heterocycles. The predicted octanol–water partition coefficient (Wildman–Crippen LogP) is 3.21. The van der Waals surface area contributed by atoms with Crippen LogP contribution in [0.1, 0.15) is 11.1 Å². The van der Waals surface area contributed by atoms with Gasteiger partial charge in [0.05, 0.1) is 5.69 Å². The van der Waals surface area contributed by atoms with Gasteiger partial charge in [0.25, 0.3) is 0 Å². The fourth-order valence-corrected chi connectivity index (χ4v) is 2.26. The van der Waals surface area contributed by atoms with Crippen molar-refractivity contribution < 1.29 is 0 Å². The lowest BCUT2D eigenvalue weighted by atomic mass is 10.1. The number of hydrogen-bond donors (Lipinski definition) is 2. The van der Waals surface area contributed by atoms with Crippen molar-refractivity contribution in [3.8, 4) is 11.3 Å². The molecule has 0 amide bonds. The van der Waals surface area contributed by atoms with Crippen molar-refractivity contribution >= 4 is 5.82 Å². The molecule has 0 fully saturated rings. The van der Waals surface area contributed by atoms with E-state index in [2.05, 4.69) is 22.4 Å². The largest absolute Gasteiger partial charge is 0.366 e. The van der Waals surface area contributed by atoms with Crippen LogP contribution >= 0.6 is 0 Å². The summed E-state index contributed by atoms with van der Waals surface area (Å²) < 4.78 is 0. The Kier molecular flexibility index (Phi) is 4.41. The normalized spacial score (nSPS) is 10.4. The third-order valence-electron chi connectivity index (χ3n) is 3.48. The minimum Gasteiger partial charge on any atom is -0.366 e. The summed E-state index contributed by atoms with van der Waals surface area (Å²) in [4.78, 5) is 8.75. The molecule has 0 aliphatic heterocycles. The van der Waals surface area contributed by atoms with E-state index in [0.717, 1.165) is 28.2 Å². The highest BCUT2D eigenvalue weighted by Gasteiger charge is 2.06. The Morgan fingerprint density at radius 1 is 0.909 bits per heavy atom. The molecule has 0 saturated heterocycles. The average Bonchev–Trinajstić information content (AvgIpc) is 2.61. The Morgan fingerprint density at radius 2 is 1.68 bits per heavy atom. The van der Waals surface area contributed by atoms with Crippen LogP contribution in [0.2, 0.25) is 0 Å². The lowest BCUT2D eigenvalue weighted by Gasteiger charge is -2.12. The topological polar surface area (TPSA) is 63.8 Å². The number of nitrogens with zero attached hydrogens (tertiary/aromatic N) is 2. The zero-order chi connectivity index (χ0) is 15.2. The number of pyridine rings is 2. The van der Waals surface area contributed by atoms with Gasteiger partial charge in [0, 0.05) is 36.6 Å². The summed E-state index contributed by atoms with van der Waals surface area (Å²) in [5, 5.41) is 3.37. The second-order valence-electron chi connectivity index (χ2n) is 4.98. The smallest absolute Gasteiger partial charge is 0.131 e. The number of aromatic nitrogens is 2. The molecule has 4 nitrogen and oxygen atoms in total. The predicted molar refractivity (Wildman–Crippen MR) is 89.1 cm³/mol. The van der Waals surface area contributed by atoms with E-state index in [1.807, 2.05) is 42.5 Å². The Labute approximate surface area is 130 Å². The van der Waals surface area contributed by atoms with Gasteiger partial charge in [0.1, 0.15) is 5.82 Å². The minimum absolute atomic E-state index is 0.459. The maximum Gasteiger partial charge on any atom is 0.131 e. The van der Waals surface area contributed by atoms with Crippen LogP contribution in [0, 0.1) is 0 Å². The molecular formula is C18H18N4. The van der Waals surface area contributed by atoms with Gasteiger partial charge in [-0.15, -0.1) is 0 Å². The highest BCUT2D eigenvalue weighted by molar-refractivity contribution is 5.62. The fourth-order valence-electron chi connectivity index (χ4n) is 2.26. The second-order valence-corrected chi connectivity index (χ2v) is 4.98. The number of rotatable bonds is 5. The first-order valence-electron chi connectivity index (χ1n) is 7.25. The summed E-state index contributed by atoms with van der Waals surface area (Å²) in [6, 6.07) is 18.1. The van der Waals surface area contributed by atoms with Gasteiger partial charge in [-0.05, 0) is 23.8 Å². The highest BCUT2D eigenvalue weighted by atomic mass is 15.0. The first-order chi connectivity index (χ1) is 10.9. The van der Waals surface area contributed by atoms with Gasteiger partial charge in [-0.2, -0.15) is 0 Å². The van der Waals surface area contributed by atoms with Crippen LogP contribution in [0.25, 0.3) is 11.3 Å². The molecule has 4 heteroatoms. The summed E-state index contributed by atoms with van der Waals surface area (Å²) >= 11 is 0. The molecule has 22 heavy (non-hydrogen) atoms. The monoisotopic (exact) mass is 290 g/mol. The van der Waals surface area contributed by atoms with Crippen molar-refractivity contribution in [2.24, 2.45) is 5.73 Å². The number of nitrogens with two attached hydrogens (primary N) is 1. The molecule has 3 N–H and O–H groups in total. The number of hydrogen-bond acceptors (Lipinski definition) is 4. The lowest BCUT2D eigenvalue weighted by molar-refractivity contribution is 1.02. The molecule has 110 valence electrons. The third-order valence-corrected chi connectivity index (χ3v) is 3.48. The number of nitrogens with one attached hydrogen (secondary N) is 1. The van der Waals surface area contributed by atoms with Crippen molar-refractivity contribution in [1.82, 2.24) is 9.97 Å². The molecule has 0 atom stereocenters. The van der Waals surface area contributed by atoms with E-state index in [9.17, 15) is 0 Å². The van der Waals surface area contributed by atoms with Crippen LogP contribution in [-0.4, -0.2) is 9.97 Å². The Bertz CT molecular complexity index is 727. The van der Waals surface area contributed by atoms with Crippen LogP contribution in [-0.2, 0) is 13.1 Å². The van der Waals surface area contributed by atoms with Crippen molar-refractivity contribution in [3.05, 3.63) is 78.1 Å². The Hall–Kier alpha value is -2.72. The molecule has 0 unspecified atom stereocenters. The van der Waals surface area contributed by atoms with Gasteiger partial charge >= 0.3 is 0 Å². The molecule has 0 bridgehead atoms. The first-order valence-corrected chi connectivity index (χ1v) is 7.25. The minimum atomic E-state index is 0.459. The Morgan fingerprint density at radius 3 is 2.41 bits per heavy atom. The van der Waals surface area contributed by atoms with Gasteiger partial charge in [-0.25, -0.2) is 4.98 Å². The van der Waals surface area contributed by atoms with E-state index in [1.54, 1.807) is 12.4 Å². The molecule has 1 aromatic carbocycles. The van der Waals surface area contributed by atoms with E-state index in [1.165, 1.54) is 0 Å². The quantitative estimate of drug-likeness (QED) is 0.757. The molecule has 3 rings (SSSR count). The highest BCUT2D eigenvalue weighted by Crippen LogP contribution is 2.22. The van der Waals surface area contributed by atoms with Gasteiger partial charge in [-0.1, -0.05) is 36.4 Å². The van der Waals surface area contributed by atoms with Crippen molar-refractivity contribution in [2.45, 2.75) is 13.1 Å². The summed E-state index contributed by atoms with van der Waals surface area (Å²) in [5.41, 5.74) is 10.0. The molecule has 3 aromatic rings. The van der Waals surface area contributed by atoms with E-state index in [0.29, 0.717) is 13.1 Å². The zero-order valence-corrected chi connectivity index (χ0v) is 12.2. The second kappa shape index (κ2) is 6.83. The zero-order valence-electron chi connectivity index (χ0n) is 12.2. The maximum absolute atomic E-state index is 5.82. The lowest BCUT2D eigenvalue weighted by Crippen LogP contribution is -2.08. The van der Waals surface area contributed by atoms with Gasteiger partial charge in [0.15, 0.2) is 0 Å². The van der Waals surface area contributed by atoms with Gasteiger partial charge < -0.3 is 11.1 Å². The van der Waals surface area contributed by atoms with Gasteiger partial charge in [0.2, 0.25) is 0 Å². The summed E-state index contributed by atoms with van der Waals surface area (Å²) in [6.45, 7) is 1.15. The molecular weight excluding hydrogens is 272 g/mol. The van der Waals surface area contributed by atoms with Crippen LogP contribution in [0.5, 0.6) is 0 Å². The SMILES string of the molecule is NCc1ccc(-c2ccccc2)nc1NCc1ccncc1. The van der Waals surface area contributed by atoms with E-state index in [4.69, 9.17) is 10.7 Å². The Balaban J connectivity index is 1.85. The molecule has 0 spiro atoms. The summed E-state index contributed by atoms with van der Waals surface area (Å²) in [6.07, 6.45) is 3.57. The molecule has 0 radical (unpaired) electrons. The van der Waals surface area contributed by atoms with E-state index in [-0.39, 0.29) is 0 Å². The first kappa shape index (κ1) is 14.2. The standard InChI is InChI=1S/C18H18N4/c19-12-16-6-7-17(15-4-2-1-3-5-15)22-18(16)21-13-14-8-10-20-11-9-14/h1-11H,12-13,19H2,(H,21,22). The van der Waals surface area contributed by atoms with E-state index >= 15 is 0 Å². The maximum atomic E-state index is 5.82. The molecule has 0 aliphatic carbocycles. The van der Waals surface area contributed by atoms with Crippen LogP contribution in [0.4, 0.5) is 5.82 Å². The van der Waals surface area contributed by atoms with Crippen molar-refractivity contribution in [1.29, 1.82) is 0 Å².